The highest BCUT2D eigenvalue weighted by Gasteiger charge is 2.33. The van der Waals surface area contributed by atoms with Gasteiger partial charge in [0.1, 0.15) is 17.3 Å². The summed E-state index contributed by atoms with van der Waals surface area (Å²) < 4.78 is 28.3. The number of anilines is 1. The normalized spacial score (nSPS) is 20.9. The number of rotatable bonds is 5. The molecule has 166 valence electrons. The molecule has 3 aromatic rings. The molecule has 32 heavy (non-hydrogen) atoms. The molecule has 1 saturated heterocycles. The molecule has 0 spiro atoms. The maximum Gasteiger partial charge on any atom is 0.185 e. The Kier molecular flexibility index (Phi) is 6.22. The lowest BCUT2D eigenvalue weighted by Crippen LogP contribution is -2.59. The molecule has 0 saturated carbocycles. The van der Waals surface area contributed by atoms with Gasteiger partial charge >= 0.3 is 0 Å². The molecule has 1 aliphatic heterocycles. The van der Waals surface area contributed by atoms with Crippen molar-refractivity contribution in [1.82, 2.24) is 9.97 Å². The molecule has 1 fully saturated rings. The van der Waals surface area contributed by atoms with E-state index in [1.54, 1.807) is 17.2 Å². The first-order chi connectivity index (χ1) is 15.3. The minimum atomic E-state index is -1.02. The van der Waals surface area contributed by atoms with E-state index >= 15 is 0 Å². The number of halogens is 2. The third-order valence-corrected chi connectivity index (χ3v) is 5.49. The summed E-state index contributed by atoms with van der Waals surface area (Å²) in [6.07, 6.45) is 0.986. The van der Waals surface area contributed by atoms with Crippen LogP contribution < -0.4 is 10.6 Å². The molecule has 0 bridgehead atoms. The number of carbonyl (C=O) groups is 1. The maximum absolute atomic E-state index is 14.1. The van der Waals surface area contributed by atoms with Gasteiger partial charge in [0.15, 0.2) is 5.78 Å². The Labute approximate surface area is 183 Å². The Balaban J connectivity index is 1.60. The highest BCUT2D eigenvalue weighted by molar-refractivity contribution is 5.97. The van der Waals surface area contributed by atoms with E-state index in [1.807, 2.05) is 0 Å². The monoisotopic (exact) mass is 440 g/mol. The average molecular weight is 440 g/mol. The highest BCUT2D eigenvalue weighted by atomic mass is 19.1. The molecule has 4 rings (SSSR count). The minimum absolute atomic E-state index is 0.0250. The molecule has 0 amide bonds. The van der Waals surface area contributed by atoms with Crippen molar-refractivity contribution in [1.29, 1.82) is 0 Å². The lowest BCUT2D eigenvalue weighted by Gasteiger charge is -2.39. The van der Waals surface area contributed by atoms with Crippen molar-refractivity contribution in [3.8, 4) is 11.3 Å². The highest BCUT2D eigenvalue weighted by Crippen LogP contribution is 2.27. The molecule has 1 aromatic carbocycles. The first-order valence-corrected chi connectivity index (χ1v) is 10.1. The van der Waals surface area contributed by atoms with Crippen LogP contribution in [0.4, 0.5) is 14.5 Å². The second-order valence-corrected chi connectivity index (χ2v) is 7.74. The summed E-state index contributed by atoms with van der Waals surface area (Å²) in [4.78, 5) is 23.0. The molecule has 1 aliphatic rings. The topological polar surface area (TPSA) is 113 Å². The fraction of sp³-hybridized carbons (Fsp3) is 0.261. The van der Waals surface area contributed by atoms with Crippen LogP contribution in [0.2, 0.25) is 0 Å². The van der Waals surface area contributed by atoms with E-state index in [0.717, 1.165) is 12.1 Å². The number of nitrogens with zero attached hydrogens (tertiary/aromatic N) is 3. The van der Waals surface area contributed by atoms with E-state index in [4.69, 9.17) is 5.73 Å². The molecule has 0 radical (unpaired) electrons. The van der Waals surface area contributed by atoms with Crippen LogP contribution in [0.1, 0.15) is 16.1 Å². The Bertz CT molecular complexity index is 1110. The summed E-state index contributed by atoms with van der Waals surface area (Å²) in [6.45, 7) is 0.449. The van der Waals surface area contributed by atoms with Crippen LogP contribution in [0.15, 0.2) is 54.9 Å². The minimum Gasteiger partial charge on any atom is -0.389 e. The smallest absolute Gasteiger partial charge is 0.185 e. The quantitative estimate of drug-likeness (QED) is 0.518. The number of β-amino-alcohol motifs (C(OH)–C–C–N with tert-alkyl or cyclic N) is 1. The van der Waals surface area contributed by atoms with Gasteiger partial charge in [0.2, 0.25) is 0 Å². The number of ketones is 1. The average Bonchev–Trinajstić information content (AvgIpc) is 2.77. The summed E-state index contributed by atoms with van der Waals surface area (Å²) >= 11 is 0. The standard InChI is InChI=1S/C23H22F2N4O3/c24-14-3-1-4-15(25)22(14)18-6-2-5-17(28-18)20(30)9-13-10-27-8-7-19(13)29-11-16(26)23(32)21(31)12-29/h1-8,10,16,21,23,31-32H,9,11-12,26H2/t16-,21+,23+/m0/s1. The molecule has 4 N–H and O–H groups in total. The number of pyridine rings is 2. The number of Topliss-reactive ketones (excluding diaryl/α,β-unsaturated/α-hetero) is 1. The third-order valence-electron chi connectivity index (χ3n) is 5.49. The predicted octanol–water partition coefficient (Wildman–Crippen LogP) is 1.72. The van der Waals surface area contributed by atoms with Gasteiger partial charge in [-0.15, -0.1) is 0 Å². The Morgan fingerprint density at radius 2 is 1.81 bits per heavy atom. The van der Waals surface area contributed by atoms with E-state index in [2.05, 4.69) is 9.97 Å². The van der Waals surface area contributed by atoms with E-state index in [0.29, 0.717) is 17.8 Å². The number of nitrogens with two attached hydrogens (primary N) is 1. The molecular weight excluding hydrogens is 418 g/mol. The molecule has 3 heterocycles. The largest absolute Gasteiger partial charge is 0.389 e. The predicted molar refractivity (Wildman–Crippen MR) is 114 cm³/mol. The second kappa shape index (κ2) is 9.07. The van der Waals surface area contributed by atoms with Gasteiger partial charge in [-0.2, -0.15) is 0 Å². The molecule has 9 heteroatoms. The Morgan fingerprint density at radius 3 is 2.53 bits per heavy atom. The number of hydrogen-bond donors (Lipinski definition) is 3. The van der Waals surface area contributed by atoms with Crippen molar-refractivity contribution in [2.75, 3.05) is 18.0 Å². The second-order valence-electron chi connectivity index (χ2n) is 7.74. The van der Waals surface area contributed by atoms with Crippen molar-refractivity contribution in [3.05, 3.63) is 77.8 Å². The Morgan fingerprint density at radius 1 is 1.09 bits per heavy atom. The fourth-order valence-electron chi connectivity index (χ4n) is 3.85. The van der Waals surface area contributed by atoms with Gasteiger partial charge in [0.05, 0.1) is 29.5 Å². The molecule has 2 aromatic heterocycles. The van der Waals surface area contributed by atoms with Gasteiger partial charge in [-0.3, -0.25) is 9.78 Å². The van der Waals surface area contributed by atoms with E-state index < -0.39 is 29.9 Å². The lowest BCUT2D eigenvalue weighted by atomic mass is 9.98. The summed E-state index contributed by atoms with van der Waals surface area (Å²) in [5.41, 5.74) is 6.96. The van der Waals surface area contributed by atoms with Crippen molar-refractivity contribution in [2.24, 2.45) is 5.73 Å². The Hall–Kier alpha value is -3.27. The van der Waals surface area contributed by atoms with Crippen molar-refractivity contribution in [2.45, 2.75) is 24.7 Å². The molecule has 7 nitrogen and oxygen atoms in total. The van der Waals surface area contributed by atoms with Crippen LogP contribution in [-0.4, -0.2) is 57.3 Å². The lowest BCUT2D eigenvalue weighted by molar-refractivity contribution is -0.00356. The number of carbonyl (C=O) groups excluding carboxylic acids is 1. The molecular formula is C23H22F2N4O3. The van der Waals surface area contributed by atoms with E-state index in [-0.39, 0.29) is 35.7 Å². The van der Waals surface area contributed by atoms with E-state index in [1.165, 1.54) is 30.5 Å². The van der Waals surface area contributed by atoms with Crippen LogP contribution >= 0.6 is 0 Å². The van der Waals surface area contributed by atoms with Gasteiger partial charge in [-0.25, -0.2) is 13.8 Å². The van der Waals surface area contributed by atoms with Crippen LogP contribution in [-0.2, 0) is 6.42 Å². The van der Waals surface area contributed by atoms with Gasteiger partial charge in [0.25, 0.3) is 0 Å². The molecule has 0 unspecified atom stereocenters. The van der Waals surface area contributed by atoms with Crippen molar-refractivity contribution in [3.63, 3.8) is 0 Å². The SMILES string of the molecule is N[C@H]1CN(c2ccncc2CC(=O)c2cccc(-c3c(F)cccc3F)n2)C[C@@H](O)[C@@H]1O. The number of piperidine rings is 1. The molecule has 0 aliphatic carbocycles. The van der Waals surface area contributed by atoms with Gasteiger partial charge in [0, 0.05) is 43.2 Å². The zero-order valence-electron chi connectivity index (χ0n) is 17.0. The van der Waals surface area contributed by atoms with Crippen molar-refractivity contribution < 1.29 is 23.8 Å². The number of aliphatic hydroxyl groups is 2. The summed E-state index contributed by atoms with van der Waals surface area (Å²) in [5, 5.41) is 20.0. The summed E-state index contributed by atoms with van der Waals surface area (Å²) in [6, 6.07) is 9.02. The third kappa shape index (κ3) is 4.36. The van der Waals surface area contributed by atoms with Crippen LogP contribution in [0, 0.1) is 11.6 Å². The number of benzene rings is 1. The van der Waals surface area contributed by atoms with E-state index in [9.17, 15) is 23.8 Å². The maximum atomic E-state index is 14.1. The summed E-state index contributed by atoms with van der Waals surface area (Å²) in [7, 11) is 0. The van der Waals surface area contributed by atoms with Gasteiger partial charge < -0.3 is 20.8 Å². The van der Waals surface area contributed by atoms with Crippen LogP contribution in [0.5, 0.6) is 0 Å². The van der Waals surface area contributed by atoms with Gasteiger partial charge in [-0.1, -0.05) is 12.1 Å². The fourth-order valence-corrected chi connectivity index (χ4v) is 3.85. The number of aliphatic hydroxyl groups excluding tert-OH is 2. The van der Waals surface area contributed by atoms with Gasteiger partial charge in [-0.05, 0) is 30.3 Å². The van der Waals surface area contributed by atoms with Crippen LogP contribution in [0.25, 0.3) is 11.3 Å². The number of hydrogen-bond acceptors (Lipinski definition) is 7. The van der Waals surface area contributed by atoms with Crippen molar-refractivity contribution >= 4 is 11.5 Å². The number of aromatic nitrogens is 2. The van der Waals surface area contributed by atoms with Crippen LogP contribution in [0.3, 0.4) is 0 Å². The summed E-state index contributed by atoms with van der Waals surface area (Å²) in [5.74, 6) is -1.89. The first-order valence-electron chi connectivity index (χ1n) is 10.1. The zero-order chi connectivity index (χ0) is 22.8. The first kappa shape index (κ1) is 21.9. The molecule has 3 atom stereocenters. The zero-order valence-corrected chi connectivity index (χ0v) is 17.0.